The molecule has 0 aromatic heterocycles. The second-order valence-electron chi connectivity index (χ2n) is 5.10. The fraction of sp³-hybridized carbons (Fsp3) is 0.538. The minimum Gasteiger partial charge on any atom is -0.390 e. The van der Waals surface area contributed by atoms with Gasteiger partial charge in [0.1, 0.15) is 17.3 Å². The average Bonchev–Trinajstić information content (AvgIpc) is 2.30. The van der Waals surface area contributed by atoms with Crippen LogP contribution in [0.5, 0.6) is 0 Å². The van der Waals surface area contributed by atoms with E-state index in [-0.39, 0.29) is 12.2 Å². The summed E-state index contributed by atoms with van der Waals surface area (Å²) in [7, 11) is 0. The van der Waals surface area contributed by atoms with Crippen molar-refractivity contribution >= 4 is 5.69 Å². The van der Waals surface area contributed by atoms with Gasteiger partial charge in [0.15, 0.2) is 0 Å². The Labute approximate surface area is 105 Å². The lowest BCUT2D eigenvalue weighted by molar-refractivity contribution is 0.0349. The first-order valence-corrected chi connectivity index (χ1v) is 6.08. The molecule has 1 aliphatic heterocycles. The fourth-order valence-corrected chi connectivity index (χ4v) is 2.25. The van der Waals surface area contributed by atoms with Crippen molar-refractivity contribution in [3.05, 3.63) is 29.3 Å². The van der Waals surface area contributed by atoms with Crippen LogP contribution >= 0.6 is 0 Å². The van der Waals surface area contributed by atoms with Gasteiger partial charge in [0, 0.05) is 19.6 Å². The van der Waals surface area contributed by atoms with Crippen molar-refractivity contribution in [1.29, 1.82) is 0 Å². The predicted octanol–water partition coefficient (Wildman–Crippen LogP) is 1.77. The number of nitrogens with zero attached hydrogens (tertiary/aromatic N) is 1. The van der Waals surface area contributed by atoms with Crippen molar-refractivity contribution in [2.75, 3.05) is 18.0 Å². The van der Waals surface area contributed by atoms with Crippen LogP contribution in [0.25, 0.3) is 0 Å². The van der Waals surface area contributed by atoms with Crippen LogP contribution in [0.15, 0.2) is 12.1 Å². The lowest BCUT2D eigenvalue weighted by Gasteiger charge is -2.37. The molecule has 0 radical (unpaired) electrons. The Bertz CT molecular complexity index is 416. The number of halogens is 2. The molecule has 1 saturated heterocycles. The summed E-state index contributed by atoms with van der Waals surface area (Å²) in [5.74, 6) is -1.17. The van der Waals surface area contributed by atoms with Crippen molar-refractivity contribution in [2.45, 2.75) is 31.9 Å². The maximum atomic E-state index is 13.9. The Morgan fingerprint density at radius 3 is 2.22 bits per heavy atom. The summed E-state index contributed by atoms with van der Waals surface area (Å²) in [6.07, 6.45) is 1.01. The van der Waals surface area contributed by atoms with Crippen LogP contribution in [-0.2, 0) is 6.54 Å². The zero-order valence-electron chi connectivity index (χ0n) is 10.4. The van der Waals surface area contributed by atoms with E-state index < -0.39 is 17.2 Å². The van der Waals surface area contributed by atoms with E-state index in [4.69, 9.17) is 5.73 Å². The lowest BCUT2D eigenvalue weighted by atomic mass is 9.93. The standard InChI is InChI=1S/C13H18F2N2O/c1-13(18)2-4-17(5-3-13)12-10(14)6-9(8-16)7-11(12)15/h6-7,18H,2-5,8,16H2,1H3. The van der Waals surface area contributed by atoms with Crippen LogP contribution in [0.3, 0.4) is 0 Å². The van der Waals surface area contributed by atoms with Crippen LogP contribution in [0.1, 0.15) is 25.3 Å². The van der Waals surface area contributed by atoms with Gasteiger partial charge < -0.3 is 15.7 Å². The van der Waals surface area contributed by atoms with Crippen molar-refractivity contribution in [3.63, 3.8) is 0 Å². The van der Waals surface area contributed by atoms with Gasteiger partial charge in [0.2, 0.25) is 0 Å². The number of hydrogen-bond acceptors (Lipinski definition) is 3. The first-order chi connectivity index (χ1) is 8.43. The minimum absolute atomic E-state index is 0.0114. The third kappa shape index (κ3) is 2.62. The lowest BCUT2D eigenvalue weighted by Crippen LogP contribution is -2.43. The van der Waals surface area contributed by atoms with E-state index in [0.717, 1.165) is 0 Å². The van der Waals surface area contributed by atoms with Crippen molar-refractivity contribution in [3.8, 4) is 0 Å². The highest BCUT2D eigenvalue weighted by atomic mass is 19.1. The number of aliphatic hydroxyl groups is 1. The van der Waals surface area contributed by atoms with Gasteiger partial charge in [-0.25, -0.2) is 8.78 Å². The third-order valence-corrected chi connectivity index (χ3v) is 3.47. The maximum Gasteiger partial charge on any atom is 0.149 e. The molecule has 5 heteroatoms. The Hall–Kier alpha value is -1.20. The molecule has 1 heterocycles. The average molecular weight is 256 g/mol. The van der Waals surface area contributed by atoms with E-state index in [2.05, 4.69) is 0 Å². The minimum atomic E-state index is -0.735. The third-order valence-electron chi connectivity index (χ3n) is 3.47. The Morgan fingerprint density at radius 1 is 1.28 bits per heavy atom. The molecule has 3 nitrogen and oxygen atoms in total. The molecule has 0 saturated carbocycles. The first kappa shape index (κ1) is 13.2. The number of benzene rings is 1. The smallest absolute Gasteiger partial charge is 0.149 e. The number of rotatable bonds is 2. The van der Waals surface area contributed by atoms with Crippen LogP contribution in [0.2, 0.25) is 0 Å². The Morgan fingerprint density at radius 2 is 1.78 bits per heavy atom. The van der Waals surface area contributed by atoms with E-state index in [1.54, 1.807) is 11.8 Å². The molecular formula is C13H18F2N2O. The predicted molar refractivity (Wildman–Crippen MR) is 66.3 cm³/mol. The molecule has 2 rings (SSSR count). The molecule has 1 aliphatic rings. The second-order valence-corrected chi connectivity index (χ2v) is 5.10. The van der Waals surface area contributed by atoms with E-state index in [1.807, 2.05) is 0 Å². The fourth-order valence-electron chi connectivity index (χ4n) is 2.25. The van der Waals surface area contributed by atoms with Crippen LogP contribution in [-0.4, -0.2) is 23.8 Å². The van der Waals surface area contributed by atoms with Crippen LogP contribution in [0.4, 0.5) is 14.5 Å². The number of nitrogens with two attached hydrogens (primary N) is 1. The van der Waals surface area contributed by atoms with Gasteiger partial charge in [-0.2, -0.15) is 0 Å². The zero-order chi connectivity index (χ0) is 13.3. The largest absolute Gasteiger partial charge is 0.390 e. The summed E-state index contributed by atoms with van der Waals surface area (Å²) in [6, 6.07) is 2.54. The quantitative estimate of drug-likeness (QED) is 0.848. The van der Waals surface area contributed by atoms with Gasteiger partial charge in [-0.15, -0.1) is 0 Å². The molecule has 0 spiro atoms. The molecule has 0 unspecified atom stereocenters. The summed E-state index contributed by atoms with van der Waals surface area (Å²) in [6.45, 7) is 2.75. The van der Waals surface area contributed by atoms with Gasteiger partial charge in [-0.1, -0.05) is 0 Å². The summed E-state index contributed by atoms with van der Waals surface area (Å²) in [4.78, 5) is 1.64. The van der Waals surface area contributed by atoms with E-state index in [9.17, 15) is 13.9 Å². The molecule has 1 aromatic rings. The molecule has 0 aliphatic carbocycles. The van der Waals surface area contributed by atoms with Gasteiger partial charge in [-0.05, 0) is 37.5 Å². The van der Waals surface area contributed by atoms with Crippen LogP contribution < -0.4 is 10.6 Å². The molecule has 1 fully saturated rings. The summed E-state index contributed by atoms with van der Waals surface area (Å²) in [5, 5.41) is 9.83. The Balaban J connectivity index is 2.24. The van der Waals surface area contributed by atoms with E-state index in [1.165, 1.54) is 12.1 Å². The molecule has 18 heavy (non-hydrogen) atoms. The zero-order valence-corrected chi connectivity index (χ0v) is 10.4. The van der Waals surface area contributed by atoms with E-state index in [0.29, 0.717) is 31.5 Å². The molecule has 0 bridgehead atoms. The second kappa shape index (κ2) is 4.82. The highest BCUT2D eigenvalue weighted by molar-refractivity contribution is 5.51. The first-order valence-electron chi connectivity index (χ1n) is 6.08. The van der Waals surface area contributed by atoms with Gasteiger partial charge in [0.25, 0.3) is 0 Å². The van der Waals surface area contributed by atoms with Gasteiger partial charge >= 0.3 is 0 Å². The highest BCUT2D eigenvalue weighted by Gasteiger charge is 2.29. The Kier molecular flexibility index (Phi) is 3.54. The normalized spacial score (nSPS) is 19.1. The monoisotopic (exact) mass is 256 g/mol. The molecule has 0 atom stereocenters. The summed E-state index contributed by atoms with van der Waals surface area (Å²) >= 11 is 0. The van der Waals surface area contributed by atoms with Gasteiger partial charge in [0.05, 0.1) is 5.60 Å². The molecule has 100 valence electrons. The van der Waals surface area contributed by atoms with Gasteiger partial charge in [-0.3, -0.25) is 0 Å². The topological polar surface area (TPSA) is 49.5 Å². The van der Waals surface area contributed by atoms with Crippen LogP contribution in [0, 0.1) is 11.6 Å². The number of anilines is 1. The number of piperidine rings is 1. The van der Waals surface area contributed by atoms with Crippen molar-refractivity contribution in [2.24, 2.45) is 5.73 Å². The SMILES string of the molecule is CC1(O)CCN(c2c(F)cc(CN)cc2F)CC1. The maximum absolute atomic E-state index is 13.9. The van der Waals surface area contributed by atoms with Crippen molar-refractivity contribution < 1.29 is 13.9 Å². The molecule has 3 N–H and O–H groups in total. The highest BCUT2D eigenvalue weighted by Crippen LogP contribution is 2.30. The summed E-state index contributed by atoms with van der Waals surface area (Å²) < 4.78 is 27.8. The van der Waals surface area contributed by atoms with Crippen molar-refractivity contribution in [1.82, 2.24) is 0 Å². The molecule has 1 aromatic carbocycles. The molecule has 0 amide bonds. The number of hydrogen-bond donors (Lipinski definition) is 2. The molecular weight excluding hydrogens is 238 g/mol. The van der Waals surface area contributed by atoms with E-state index >= 15 is 0 Å². The summed E-state index contributed by atoms with van der Waals surface area (Å²) in [5.41, 5.74) is 5.07.